The highest BCUT2D eigenvalue weighted by atomic mass is 32.1. The Kier molecular flexibility index (Phi) is 21.2. The average Bonchev–Trinajstić information content (AvgIpc) is 4.36. The number of amides is 5. The number of unbranched alkanes of at least 4 members (excludes halogenated alkanes) is 2. The zero-order valence-electron chi connectivity index (χ0n) is 47.5. The van der Waals surface area contributed by atoms with E-state index in [0.717, 1.165) is 94.8 Å². The van der Waals surface area contributed by atoms with Gasteiger partial charge in [-0.25, -0.2) is 14.8 Å². The Labute approximate surface area is 483 Å². The summed E-state index contributed by atoms with van der Waals surface area (Å²) in [5, 5.41) is 36.7. The number of β-amino-alcohol motifs (C(OH)–C–C–N with tert-alkyl or cyclic N) is 1. The van der Waals surface area contributed by atoms with Crippen molar-refractivity contribution in [1.29, 1.82) is 5.26 Å². The number of urea groups is 1. The summed E-state index contributed by atoms with van der Waals surface area (Å²) >= 11 is 1.57. The lowest BCUT2D eigenvalue weighted by atomic mass is 9.85. The number of hydrogen-bond acceptors (Lipinski definition) is 14. The molecule has 2 aliphatic rings. The van der Waals surface area contributed by atoms with E-state index in [4.69, 9.17) is 14.7 Å². The number of ether oxygens (including phenoxy) is 2. The number of rotatable bonds is 25. The van der Waals surface area contributed by atoms with Gasteiger partial charge in [0.05, 0.1) is 33.9 Å². The van der Waals surface area contributed by atoms with Crippen LogP contribution in [-0.2, 0) is 50.5 Å². The first-order valence-electron chi connectivity index (χ1n) is 28.2. The molecule has 21 heteroatoms. The Hall–Kier alpha value is -7.77. The largest absolute Gasteiger partial charge is 0.391 e. The van der Waals surface area contributed by atoms with E-state index in [0.29, 0.717) is 44.9 Å². The van der Waals surface area contributed by atoms with Crippen LogP contribution >= 0.6 is 11.3 Å². The molecule has 0 radical (unpaired) electrons. The summed E-state index contributed by atoms with van der Waals surface area (Å²) < 4.78 is 15.0. The summed E-state index contributed by atoms with van der Waals surface area (Å²) in [6.45, 7) is 9.98. The molecule has 3 atom stereocenters. The quantitative estimate of drug-likeness (QED) is 0.0349. The minimum atomic E-state index is -0.953. The Morgan fingerprint density at radius 3 is 2.20 bits per heavy atom. The van der Waals surface area contributed by atoms with Crippen LogP contribution in [0.15, 0.2) is 108 Å². The summed E-state index contributed by atoms with van der Waals surface area (Å²) in [6, 6.07) is 22.9. The predicted octanol–water partition coefficient (Wildman–Crippen LogP) is 7.49. The first-order valence-corrected chi connectivity index (χ1v) is 29.1. The molecule has 1 saturated heterocycles. The lowest BCUT2D eigenvalue weighted by molar-refractivity contribution is -0.144. The lowest BCUT2D eigenvalue weighted by Gasteiger charge is -2.37. The fourth-order valence-corrected chi connectivity index (χ4v) is 11.1. The third kappa shape index (κ3) is 16.7. The van der Waals surface area contributed by atoms with E-state index < -0.39 is 35.4 Å². The number of aliphatic hydroxyl groups excluding tert-OH is 1. The van der Waals surface area contributed by atoms with E-state index in [1.54, 1.807) is 59.7 Å². The molecule has 6 aromatic rings. The second-order valence-corrected chi connectivity index (χ2v) is 23.1. The fraction of sp³-hybridized carbons (Fsp3) is 0.459. The van der Waals surface area contributed by atoms with Gasteiger partial charge in [-0.2, -0.15) is 10.4 Å². The molecule has 0 unspecified atom stereocenters. The molecule has 5 amide bonds. The van der Waals surface area contributed by atoms with Gasteiger partial charge < -0.3 is 45.3 Å². The van der Waals surface area contributed by atoms with Crippen molar-refractivity contribution in [3.8, 4) is 27.6 Å². The maximum Gasteiger partial charge on any atom is 0.322 e. The number of pyridine rings is 2. The molecule has 20 nitrogen and oxygen atoms in total. The number of thiazole rings is 1. The number of likely N-dealkylation sites (tertiary alicyclic amines) is 1. The van der Waals surface area contributed by atoms with Crippen LogP contribution in [0.5, 0.6) is 0 Å². The maximum absolute atomic E-state index is 14.2. The SMILES string of the molecule is Cc1ncsc1-c1ccc(CNC(=O)[C@@H]2C[C@@H](O)CN2C(=O)[C@@H](NC(=O)COCCCCOCCCCn2cc(CNC(=O)N(c3ccc(-c4ccc(=O)n(C)c4)cc3)C3CCC(Nc4ccc(C#N)cn4)CC3)cn2)C(C)(C)C)cc1. The van der Waals surface area contributed by atoms with Crippen LogP contribution < -0.4 is 31.7 Å². The number of aryl methyl sites for hydroxylation is 3. The molecule has 4 aromatic heterocycles. The first kappa shape index (κ1) is 60.3. The van der Waals surface area contributed by atoms with E-state index in [1.165, 1.54) is 4.90 Å². The number of aromatic nitrogens is 5. The first-order chi connectivity index (χ1) is 39.5. The third-order valence-corrected chi connectivity index (χ3v) is 15.9. The van der Waals surface area contributed by atoms with Crippen molar-refractivity contribution in [2.75, 3.05) is 43.2 Å². The summed E-state index contributed by atoms with van der Waals surface area (Å²) in [4.78, 5) is 79.8. The lowest BCUT2D eigenvalue weighted by Crippen LogP contribution is -2.58. The van der Waals surface area contributed by atoms with Gasteiger partial charge in [-0.05, 0) is 116 Å². The summed E-state index contributed by atoms with van der Waals surface area (Å²) in [5.41, 5.74) is 7.95. The van der Waals surface area contributed by atoms with Gasteiger partial charge in [0.2, 0.25) is 23.3 Å². The van der Waals surface area contributed by atoms with Crippen molar-refractivity contribution >= 4 is 46.6 Å². The van der Waals surface area contributed by atoms with Crippen molar-refractivity contribution in [3.05, 3.63) is 136 Å². The standard InChI is InChI=1S/C61H76N12O8S/c1-41-56(82-40-66-41)46-13-10-42(11-14-46)32-64-58(77)52-30-51(74)38-72(52)59(78)57(61(2,3)4)69-54(75)39-81-29-9-8-28-80-27-7-6-26-71-36-44(35-67-71)34-65-60(79)73(49-20-15-45(16-21-49)47-17-25-55(76)70(5)37-47)50-22-18-48(19-23-50)68-53-24-12-43(31-62)33-63-53/h10-17,20-21,24-25,33,35-37,40,48,50-52,57,74H,6-9,18-19,22-23,26-30,32,34,38-39H2,1-5H3,(H,63,68)(H,64,77)(H,65,79)(H,69,75)/t48?,50?,51-,52+,57-/m1/s1. The van der Waals surface area contributed by atoms with Gasteiger partial charge in [-0.15, -0.1) is 11.3 Å². The Morgan fingerprint density at radius 2 is 1.52 bits per heavy atom. The summed E-state index contributed by atoms with van der Waals surface area (Å²) in [5.74, 6) is -0.522. The molecule has 434 valence electrons. The van der Waals surface area contributed by atoms with Gasteiger partial charge in [-0.1, -0.05) is 57.2 Å². The molecule has 1 aliphatic carbocycles. The molecular weight excluding hydrogens is 1060 g/mol. The van der Waals surface area contributed by atoms with E-state index in [9.17, 15) is 29.1 Å². The minimum Gasteiger partial charge on any atom is -0.391 e. The minimum absolute atomic E-state index is 0.0130. The monoisotopic (exact) mass is 1140 g/mol. The van der Waals surface area contributed by atoms with Gasteiger partial charge in [0, 0.05) is 107 Å². The second-order valence-electron chi connectivity index (χ2n) is 22.3. The number of carbonyl (C=O) groups is 4. The fourth-order valence-electron chi connectivity index (χ4n) is 10.3. The van der Waals surface area contributed by atoms with Crippen LogP contribution in [0.25, 0.3) is 21.6 Å². The van der Waals surface area contributed by atoms with Crippen LogP contribution in [0.4, 0.5) is 16.3 Å². The smallest absolute Gasteiger partial charge is 0.322 e. The van der Waals surface area contributed by atoms with Crippen LogP contribution in [0.3, 0.4) is 0 Å². The van der Waals surface area contributed by atoms with Gasteiger partial charge >= 0.3 is 6.03 Å². The normalized spacial score (nSPS) is 17.4. The number of hydrogen-bond donors (Lipinski definition) is 5. The van der Waals surface area contributed by atoms with Gasteiger partial charge in [-0.3, -0.25) is 28.8 Å². The number of anilines is 2. The Bertz CT molecular complexity index is 3180. The molecule has 1 aliphatic heterocycles. The molecule has 0 spiro atoms. The van der Waals surface area contributed by atoms with Crippen molar-refractivity contribution in [1.82, 2.24) is 45.2 Å². The van der Waals surface area contributed by atoms with Crippen molar-refractivity contribution < 1.29 is 33.8 Å². The molecule has 1 saturated carbocycles. The number of benzene rings is 2. The number of nitrogens with one attached hydrogen (secondary N) is 4. The average molecular weight is 1140 g/mol. The molecule has 8 rings (SSSR count). The van der Waals surface area contributed by atoms with Crippen LogP contribution in [-0.4, -0.2) is 121 Å². The van der Waals surface area contributed by atoms with Crippen molar-refractivity contribution in [2.45, 2.75) is 135 Å². The third-order valence-electron chi connectivity index (χ3n) is 14.9. The van der Waals surface area contributed by atoms with Gasteiger partial charge in [0.1, 0.15) is 30.6 Å². The Balaban J connectivity index is 0.712. The molecule has 82 heavy (non-hydrogen) atoms. The molecule has 5 heterocycles. The zero-order chi connectivity index (χ0) is 58.2. The van der Waals surface area contributed by atoms with Crippen molar-refractivity contribution in [3.63, 3.8) is 0 Å². The molecular formula is C61H76N12O8S. The predicted molar refractivity (Wildman–Crippen MR) is 314 cm³/mol. The van der Waals surface area contributed by atoms with Crippen LogP contribution in [0, 0.1) is 23.7 Å². The number of nitrogens with zero attached hydrogens (tertiary/aromatic N) is 8. The highest BCUT2D eigenvalue weighted by Gasteiger charge is 2.44. The summed E-state index contributed by atoms with van der Waals surface area (Å²) in [6.07, 6.45) is 12.6. The highest BCUT2D eigenvalue weighted by molar-refractivity contribution is 7.13. The zero-order valence-corrected chi connectivity index (χ0v) is 48.3. The summed E-state index contributed by atoms with van der Waals surface area (Å²) in [7, 11) is 1.72. The Morgan fingerprint density at radius 1 is 0.829 bits per heavy atom. The molecule has 0 bridgehead atoms. The van der Waals surface area contributed by atoms with E-state index in [-0.39, 0.29) is 55.7 Å². The van der Waals surface area contributed by atoms with Gasteiger partial charge in [0.25, 0.3) is 0 Å². The van der Waals surface area contributed by atoms with Crippen LogP contribution in [0.2, 0.25) is 0 Å². The van der Waals surface area contributed by atoms with E-state index in [1.807, 2.05) is 104 Å². The molecule has 5 N–H and O–H groups in total. The van der Waals surface area contributed by atoms with E-state index >= 15 is 0 Å². The van der Waals surface area contributed by atoms with Crippen molar-refractivity contribution in [2.24, 2.45) is 12.5 Å². The number of nitriles is 1. The van der Waals surface area contributed by atoms with E-state index in [2.05, 4.69) is 42.4 Å². The maximum atomic E-state index is 14.2. The second kappa shape index (κ2) is 28.8. The van der Waals surface area contributed by atoms with Crippen LogP contribution in [0.1, 0.15) is 101 Å². The molecule has 2 aromatic carbocycles. The van der Waals surface area contributed by atoms with Gasteiger partial charge in [0.15, 0.2) is 0 Å². The highest BCUT2D eigenvalue weighted by Crippen LogP contribution is 2.32. The topological polar surface area (TPSA) is 251 Å². The number of carbonyl (C=O) groups excluding carboxylic acids is 4. The number of aliphatic hydroxyl groups is 1. The molecule has 2 fully saturated rings.